The van der Waals surface area contributed by atoms with Gasteiger partial charge < -0.3 is 15.2 Å². The van der Waals surface area contributed by atoms with Crippen LogP contribution in [0.5, 0.6) is 0 Å². The smallest absolute Gasteiger partial charge is 0.227 e. The van der Waals surface area contributed by atoms with Crippen LogP contribution < -0.4 is 5.73 Å². The summed E-state index contributed by atoms with van der Waals surface area (Å²) in [6.07, 6.45) is 1.88. The highest BCUT2D eigenvalue weighted by molar-refractivity contribution is 5.85. The molecule has 22 heavy (non-hydrogen) atoms. The molecule has 1 unspecified atom stereocenters. The molecule has 2 N–H and O–H groups in total. The maximum atomic E-state index is 12.2. The first-order valence-corrected chi connectivity index (χ1v) is 7.54. The van der Waals surface area contributed by atoms with Crippen LogP contribution in [0.25, 0.3) is 0 Å². The summed E-state index contributed by atoms with van der Waals surface area (Å²) in [6, 6.07) is 0. The van der Waals surface area contributed by atoms with Gasteiger partial charge in [-0.25, -0.2) is 0 Å². The largest absolute Gasteiger partial charge is 0.342 e. The fourth-order valence-electron chi connectivity index (χ4n) is 2.44. The maximum Gasteiger partial charge on any atom is 0.227 e. The summed E-state index contributed by atoms with van der Waals surface area (Å²) in [4.78, 5) is 18.5. The lowest BCUT2D eigenvalue weighted by Gasteiger charge is -2.22. The summed E-state index contributed by atoms with van der Waals surface area (Å²) in [5.74, 6) is 1.36. The summed E-state index contributed by atoms with van der Waals surface area (Å²) in [5.41, 5.74) is 5.70. The van der Waals surface area contributed by atoms with Crippen molar-refractivity contribution in [1.82, 2.24) is 15.0 Å². The molecule has 0 saturated carbocycles. The van der Waals surface area contributed by atoms with Gasteiger partial charge in [-0.15, -0.1) is 12.4 Å². The number of nitrogens with zero attached hydrogens (tertiary/aromatic N) is 3. The molecule has 1 aromatic heterocycles. The summed E-state index contributed by atoms with van der Waals surface area (Å²) < 4.78 is 5.21. The molecule has 1 aromatic rings. The maximum absolute atomic E-state index is 12.2. The van der Waals surface area contributed by atoms with Crippen molar-refractivity contribution < 1.29 is 9.32 Å². The minimum Gasteiger partial charge on any atom is -0.342 e. The van der Waals surface area contributed by atoms with Gasteiger partial charge in [0, 0.05) is 31.3 Å². The topological polar surface area (TPSA) is 85.2 Å². The van der Waals surface area contributed by atoms with Gasteiger partial charge in [0.1, 0.15) is 0 Å². The Labute approximate surface area is 138 Å². The fourth-order valence-corrected chi connectivity index (χ4v) is 2.44. The molecular formula is C15H27ClN4O2. The van der Waals surface area contributed by atoms with E-state index in [1.54, 1.807) is 0 Å². The van der Waals surface area contributed by atoms with Crippen molar-refractivity contribution >= 4 is 18.3 Å². The van der Waals surface area contributed by atoms with E-state index in [4.69, 9.17) is 10.3 Å². The van der Waals surface area contributed by atoms with E-state index in [1.807, 2.05) is 25.7 Å². The second-order valence-corrected chi connectivity index (χ2v) is 7.34. The number of likely N-dealkylation sites (tertiary alicyclic amines) is 1. The number of hydrogen-bond donors (Lipinski definition) is 1. The van der Waals surface area contributed by atoms with E-state index in [-0.39, 0.29) is 29.1 Å². The Hall–Kier alpha value is -1.14. The van der Waals surface area contributed by atoms with E-state index in [0.29, 0.717) is 31.1 Å². The molecule has 0 radical (unpaired) electrons. The van der Waals surface area contributed by atoms with Gasteiger partial charge in [0.2, 0.25) is 11.8 Å². The third-order valence-electron chi connectivity index (χ3n) is 4.10. The fraction of sp³-hybridized carbons (Fsp3) is 0.800. The summed E-state index contributed by atoms with van der Waals surface area (Å²) >= 11 is 0. The van der Waals surface area contributed by atoms with Crippen LogP contribution in [0.4, 0.5) is 0 Å². The summed E-state index contributed by atoms with van der Waals surface area (Å²) in [7, 11) is 0. The number of rotatable bonds is 4. The predicted molar refractivity (Wildman–Crippen MR) is 86.9 cm³/mol. The van der Waals surface area contributed by atoms with Crippen LogP contribution in [0, 0.1) is 5.41 Å². The number of hydrogen-bond acceptors (Lipinski definition) is 5. The molecule has 1 aliphatic rings. The van der Waals surface area contributed by atoms with Crippen molar-refractivity contribution in [2.24, 2.45) is 11.1 Å². The van der Waals surface area contributed by atoms with Gasteiger partial charge in [0.05, 0.1) is 0 Å². The predicted octanol–water partition coefficient (Wildman–Crippen LogP) is 1.92. The Morgan fingerprint density at radius 1 is 1.45 bits per heavy atom. The molecule has 1 fully saturated rings. The molecule has 7 heteroatoms. The number of carbonyl (C=O) groups is 1. The Morgan fingerprint density at radius 3 is 2.64 bits per heavy atom. The van der Waals surface area contributed by atoms with Gasteiger partial charge >= 0.3 is 0 Å². The second kappa shape index (κ2) is 6.96. The number of aryl methyl sites for hydroxylation is 1. The average molecular weight is 331 g/mol. The molecular weight excluding hydrogens is 304 g/mol. The molecule has 0 spiro atoms. The molecule has 1 aliphatic heterocycles. The first-order chi connectivity index (χ1) is 9.73. The van der Waals surface area contributed by atoms with Crippen molar-refractivity contribution in [3.8, 4) is 0 Å². The number of aromatic nitrogens is 2. The highest BCUT2D eigenvalue weighted by Crippen LogP contribution is 2.29. The van der Waals surface area contributed by atoms with Gasteiger partial charge in [0.15, 0.2) is 5.82 Å². The molecule has 2 heterocycles. The summed E-state index contributed by atoms with van der Waals surface area (Å²) in [6.45, 7) is 10.4. The number of halogens is 1. The molecule has 1 atom stereocenters. The van der Waals surface area contributed by atoms with Crippen molar-refractivity contribution in [3.05, 3.63) is 11.7 Å². The molecule has 0 aliphatic carbocycles. The van der Waals surface area contributed by atoms with E-state index in [1.165, 1.54) is 0 Å². The van der Waals surface area contributed by atoms with Crippen LogP contribution in [-0.2, 0) is 16.6 Å². The highest BCUT2D eigenvalue weighted by Gasteiger charge is 2.34. The Kier molecular flexibility index (Phi) is 5.98. The van der Waals surface area contributed by atoms with Crippen LogP contribution >= 0.6 is 12.4 Å². The Balaban J connectivity index is 0.00000242. The third-order valence-corrected chi connectivity index (χ3v) is 4.10. The van der Waals surface area contributed by atoms with Crippen LogP contribution in [0.15, 0.2) is 4.52 Å². The van der Waals surface area contributed by atoms with Crippen molar-refractivity contribution in [1.29, 1.82) is 0 Å². The van der Waals surface area contributed by atoms with Crippen LogP contribution in [-0.4, -0.2) is 40.6 Å². The van der Waals surface area contributed by atoms with Gasteiger partial charge in [-0.1, -0.05) is 32.9 Å². The normalized spacial score (nSPS) is 21.8. The second-order valence-electron chi connectivity index (χ2n) is 7.34. The average Bonchev–Trinajstić information content (AvgIpc) is 3.03. The Morgan fingerprint density at radius 2 is 2.14 bits per heavy atom. The molecule has 126 valence electrons. The van der Waals surface area contributed by atoms with Crippen LogP contribution in [0.3, 0.4) is 0 Å². The van der Waals surface area contributed by atoms with E-state index in [2.05, 4.69) is 17.1 Å². The zero-order valence-electron chi connectivity index (χ0n) is 13.9. The standard InChI is InChI=1S/C15H26N4O2.ClH/c1-14(2,3)13-17-11(21-18-13)5-6-12(20)19-8-7-15(4,9-16)10-19;/h5-10,16H2,1-4H3;1H. The quantitative estimate of drug-likeness (QED) is 0.911. The molecule has 2 rings (SSSR count). The zero-order chi connectivity index (χ0) is 15.7. The van der Waals surface area contributed by atoms with Gasteiger partial charge in [-0.3, -0.25) is 4.79 Å². The minimum absolute atomic E-state index is 0. The van der Waals surface area contributed by atoms with Gasteiger partial charge in [-0.2, -0.15) is 4.98 Å². The SMILES string of the molecule is CC1(CN)CCN(C(=O)CCc2nc(C(C)(C)C)no2)C1.Cl. The monoisotopic (exact) mass is 330 g/mol. The van der Waals surface area contributed by atoms with E-state index in [9.17, 15) is 4.79 Å². The molecule has 0 bridgehead atoms. The number of nitrogens with two attached hydrogens (primary N) is 1. The lowest BCUT2D eigenvalue weighted by molar-refractivity contribution is -0.130. The van der Waals surface area contributed by atoms with Gasteiger partial charge in [0.25, 0.3) is 0 Å². The van der Waals surface area contributed by atoms with Crippen molar-refractivity contribution in [2.45, 2.75) is 52.4 Å². The van der Waals surface area contributed by atoms with E-state index >= 15 is 0 Å². The van der Waals surface area contributed by atoms with Crippen molar-refractivity contribution in [2.75, 3.05) is 19.6 Å². The Bertz CT molecular complexity index is 512. The molecule has 0 aromatic carbocycles. The van der Waals surface area contributed by atoms with Gasteiger partial charge in [-0.05, 0) is 18.4 Å². The molecule has 1 amide bonds. The van der Waals surface area contributed by atoms with Crippen LogP contribution in [0.1, 0.15) is 52.3 Å². The third kappa shape index (κ3) is 4.43. The first-order valence-electron chi connectivity index (χ1n) is 7.54. The zero-order valence-corrected chi connectivity index (χ0v) is 14.7. The minimum atomic E-state index is -0.135. The number of amides is 1. The first kappa shape index (κ1) is 18.9. The lowest BCUT2D eigenvalue weighted by atomic mass is 9.90. The van der Waals surface area contributed by atoms with Crippen molar-refractivity contribution in [3.63, 3.8) is 0 Å². The van der Waals surface area contributed by atoms with E-state index in [0.717, 1.165) is 19.5 Å². The summed E-state index contributed by atoms with van der Waals surface area (Å²) in [5, 5.41) is 3.97. The van der Waals surface area contributed by atoms with Crippen LogP contribution in [0.2, 0.25) is 0 Å². The van der Waals surface area contributed by atoms with E-state index < -0.39 is 0 Å². The number of carbonyl (C=O) groups excluding carboxylic acids is 1. The molecule has 6 nitrogen and oxygen atoms in total. The highest BCUT2D eigenvalue weighted by atomic mass is 35.5. The molecule has 1 saturated heterocycles. The lowest BCUT2D eigenvalue weighted by Crippen LogP contribution is -2.34.